The Morgan fingerprint density at radius 1 is 1.31 bits per heavy atom. The van der Waals surface area contributed by atoms with Gasteiger partial charge < -0.3 is 26.6 Å². The van der Waals surface area contributed by atoms with E-state index in [1.165, 1.54) is 0 Å². The van der Waals surface area contributed by atoms with Crippen LogP contribution in [0.2, 0.25) is 0 Å². The third-order valence-corrected chi connectivity index (χ3v) is 1.24. The van der Waals surface area contributed by atoms with Gasteiger partial charge in [0.1, 0.15) is 6.10 Å². The number of aliphatic hydroxyl groups excluding tert-OH is 2. The molecule has 1 saturated heterocycles. The molecule has 5 heteroatoms. The maximum atomic E-state index is 7.57. The van der Waals surface area contributed by atoms with E-state index in [4.69, 9.17) is 19.7 Å². The molecule has 0 radical (unpaired) electrons. The van der Waals surface area contributed by atoms with Crippen LogP contribution >= 0.6 is 0 Å². The van der Waals surface area contributed by atoms with Gasteiger partial charge >= 0.3 is 0 Å². The maximum absolute atomic E-state index is 7.57. The van der Waals surface area contributed by atoms with Crippen molar-refractivity contribution in [2.75, 3.05) is 33.0 Å². The van der Waals surface area contributed by atoms with Crippen molar-refractivity contribution in [2.24, 2.45) is 0 Å². The Balaban J connectivity index is -0.000000207. The topological polar surface area (TPSA) is 62.2 Å². The van der Waals surface area contributed by atoms with Crippen LogP contribution in [0.5, 0.6) is 0 Å². The van der Waals surface area contributed by atoms with E-state index in [1.54, 1.807) is 13.8 Å². The van der Waals surface area contributed by atoms with Gasteiger partial charge in [0, 0.05) is 41.5 Å². The van der Waals surface area contributed by atoms with E-state index in [0.29, 0.717) is 6.10 Å². The fourth-order valence-electron chi connectivity index (χ4n) is 0.583. The Bertz CT molecular complexity index is 98.0. The normalized spacial score (nSPS) is 15.9. The molecule has 0 amide bonds. The van der Waals surface area contributed by atoms with Gasteiger partial charge in [-0.15, -0.1) is 0 Å². The summed E-state index contributed by atoms with van der Waals surface area (Å²) in [5, 5.41) is 15.1. The number of hydrogen-bond donors (Lipinski definition) is 2. The summed E-state index contributed by atoms with van der Waals surface area (Å²) in [4.78, 5) is 0. The van der Waals surface area contributed by atoms with Crippen LogP contribution in [0, 0.1) is 6.92 Å². The van der Waals surface area contributed by atoms with Crippen molar-refractivity contribution in [3.63, 3.8) is 0 Å². The largest absolute Gasteiger partial charge is 0.397 e. The molecule has 1 rings (SSSR count). The Labute approximate surface area is 114 Å². The Morgan fingerprint density at radius 3 is 2.06 bits per heavy atom. The molecule has 0 saturated carbocycles. The minimum atomic E-state index is 0. The van der Waals surface area contributed by atoms with Gasteiger partial charge in [0.2, 0.25) is 0 Å². The number of rotatable bonds is 5. The summed E-state index contributed by atoms with van der Waals surface area (Å²) >= 11 is 0. The standard InChI is InChI=1S/C7H13O2.2C2H6O.Ti/c1-2-3-4-8-5-7-6-9-7;2*1-2-3;/h7H,1-6H2;2*3H,2H2,1H3;/q-1;;;. The molecule has 16 heavy (non-hydrogen) atoms. The van der Waals surface area contributed by atoms with Crippen molar-refractivity contribution in [3.8, 4) is 0 Å². The molecular weight excluding hydrogens is 244 g/mol. The number of epoxide rings is 1. The third kappa shape index (κ3) is 29.3. The van der Waals surface area contributed by atoms with Gasteiger partial charge in [-0.25, -0.2) is 0 Å². The van der Waals surface area contributed by atoms with E-state index in [0.717, 1.165) is 32.7 Å². The summed E-state index contributed by atoms with van der Waals surface area (Å²) in [5.74, 6) is 0. The van der Waals surface area contributed by atoms with Crippen molar-refractivity contribution in [3.05, 3.63) is 6.92 Å². The molecule has 1 heterocycles. The third-order valence-electron chi connectivity index (χ3n) is 1.24. The van der Waals surface area contributed by atoms with Gasteiger partial charge in [0.15, 0.2) is 0 Å². The Hall–Kier alpha value is 0.554. The summed E-state index contributed by atoms with van der Waals surface area (Å²) in [5.41, 5.74) is 0. The first-order valence-corrected chi connectivity index (χ1v) is 5.46. The molecular formula is C11H25O4Ti-. The minimum absolute atomic E-state index is 0. The number of hydrogen-bond acceptors (Lipinski definition) is 4. The monoisotopic (exact) mass is 269 g/mol. The Kier molecular flexibility index (Phi) is 28.5. The van der Waals surface area contributed by atoms with Crippen LogP contribution in [0.15, 0.2) is 0 Å². The van der Waals surface area contributed by atoms with Crippen LogP contribution in [0.3, 0.4) is 0 Å². The van der Waals surface area contributed by atoms with Crippen LogP contribution in [0.25, 0.3) is 0 Å². The average Bonchev–Trinajstić information content (AvgIpc) is 2.99. The van der Waals surface area contributed by atoms with E-state index in [2.05, 4.69) is 6.92 Å². The summed E-state index contributed by atoms with van der Waals surface area (Å²) < 4.78 is 10.2. The number of aliphatic hydroxyl groups is 2. The zero-order valence-electron chi connectivity index (χ0n) is 10.4. The van der Waals surface area contributed by atoms with Crippen LogP contribution < -0.4 is 0 Å². The van der Waals surface area contributed by atoms with Crippen molar-refractivity contribution in [1.29, 1.82) is 0 Å². The van der Waals surface area contributed by atoms with Gasteiger partial charge in [0.25, 0.3) is 0 Å². The summed E-state index contributed by atoms with van der Waals surface area (Å²) in [6.07, 6.45) is 2.44. The molecule has 4 nitrogen and oxygen atoms in total. The van der Waals surface area contributed by atoms with Crippen molar-refractivity contribution >= 4 is 0 Å². The predicted molar refractivity (Wildman–Crippen MR) is 60.7 cm³/mol. The maximum Gasteiger partial charge on any atom is 0.104 e. The molecule has 1 aliphatic rings. The number of unbranched alkanes of at least 4 members (excludes halogenated alkanes) is 1. The summed E-state index contributed by atoms with van der Waals surface area (Å²) in [6, 6.07) is 0. The molecule has 1 atom stereocenters. The van der Waals surface area contributed by atoms with Crippen molar-refractivity contribution < 1.29 is 41.4 Å². The minimum Gasteiger partial charge on any atom is -0.397 e. The van der Waals surface area contributed by atoms with Crippen molar-refractivity contribution in [1.82, 2.24) is 0 Å². The molecule has 2 N–H and O–H groups in total. The SMILES string of the molecule is CCO.CCO.[CH2-]CCCOCC1CO1.[Ti]. The molecule has 98 valence electrons. The van der Waals surface area contributed by atoms with E-state index < -0.39 is 0 Å². The molecule has 0 bridgehead atoms. The second-order valence-corrected chi connectivity index (χ2v) is 2.87. The molecule has 0 aliphatic carbocycles. The first-order chi connectivity index (χ1) is 7.26. The van der Waals surface area contributed by atoms with E-state index in [9.17, 15) is 0 Å². The van der Waals surface area contributed by atoms with Crippen LogP contribution in [-0.2, 0) is 31.2 Å². The fourth-order valence-corrected chi connectivity index (χ4v) is 0.583. The van der Waals surface area contributed by atoms with Gasteiger partial charge in [-0.05, 0) is 13.8 Å². The van der Waals surface area contributed by atoms with E-state index in [-0.39, 0.29) is 34.9 Å². The second-order valence-electron chi connectivity index (χ2n) is 2.87. The van der Waals surface area contributed by atoms with Crippen molar-refractivity contribution in [2.45, 2.75) is 32.8 Å². The molecule has 1 aliphatic heterocycles. The Morgan fingerprint density at radius 2 is 1.75 bits per heavy atom. The fraction of sp³-hybridized carbons (Fsp3) is 0.909. The van der Waals surface area contributed by atoms with E-state index >= 15 is 0 Å². The predicted octanol–water partition coefficient (Wildman–Crippen LogP) is 1.01. The van der Waals surface area contributed by atoms with E-state index in [1.807, 2.05) is 0 Å². The van der Waals surface area contributed by atoms with Gasteiger partial charge in [-0.3, -0.25) is 0 Å². The molecule has 0 spiro atoms. The zero-order valence-corrected chi connectivity index (χ0v) is 12.0. The average molecular weight is 269 g/mol. The number of ether oxygens (including phenoxy) is 2. The van der Waals surface area contributed by atoms with Gasteiger partial charge in [-0.1, -0.05) is 6.42 Å². The summed E-state index contributed by atoms with van der Waals surface area (Å²) in [6.45, 7) is 10.1. The van der Waals surface area contributed by atoms with Gasteiger partial charge in [0.05, 0.1) is 13.2 Å². The summed E-state index contributed by atoms with van der Waals surface area (Å²) in [7, 11) is 0. The smallest absolute Gasteiger partial charge is 0.104 e. The first kappa shape index (κ1) is 21.8. The first-order valence-electron chi connectivity index (χ1n) is 5.46. The van der Waals surface area contributed by atoms with Gasteiger partial charge in [-0.2, -0.15) is 6.42 Å². The molecule has 0 aromatic heterocycles. The molecule has 1 fully saturated rings. The zero-order chi connectivity index (χ0) is 11.9. The molecule has 0 aromatic carbocycles. The van der Waals surface area contributed by atoms with Crippen LogP contribution in [0.4, 0.5) is 0 Å². The molecule has 0 aromatic rings. The molecule has 1 unspecified atom stereocenters. The van der Waals surface area contributed by atoms with Crippen LogP contribution in [0.1, 0.15) is 26.7 Å². The van der Waals surface area contributed by atoms with Crippen LogP contribution in [-0.4, -0.2) is 49.4 Å². The second kappa shape index (κ2) is 20.9. The quantitative estimate of drug-likeness (QED) is 0.338.